The summed E-state index contributed by atoms with van der Waals surface area (Å²) in [6.45, 7) is 9.91. The maximum absolute atomic E-state index is 5.70. The van der Waals surface area contributed by atoms with Gasteiger partial charge in [0.15, 0.2) is 5.96 Å². The molecule has 2 aliphatic heterocycles. The molecule has 3 rings (SSSR count). The van der Waals surface area contributed by atoms with E-state index < -0.39 is 0 Å². The number of nitrogens with one attached hydrogen (secondary N) is 1. The van der Waals surface area contributed by atoms with Gasteiger partial charge in [-0.1, -0.05) is 42.5 Å². The Kier molecular flexibility index (Phi) is 10.2. The third kappa shape index (κ3) is 7.43. The molecule has 0 bridgehead atoms. The Morgan fingerprint density at radius 1 is 1.22 bits per heavy atom. The van der Waals surface area contributed by atoms with Crippen molar-refractivity contribution in [2.45, 2.75) is 25.9 Å². The van der Waals surface area contributed by atoms with Gasteiger partial charge in [0.1, 0.15) is 0 Å². The Balaban J connectivity index is 0.00000261. The fourth-order valence-electron chi connectivity index (χ4n) is 3.45. The fourth-order valence-corrected chi connectivity index (χ4v) is 3.45. The van der Waals surface area contributed by atoms with Gasteiger partial charge in [-0.2, -0.15) is 0 Å². The van der Waals surface area contributed by atoms with Gasteiger partial charge in [-0.15, -0.1) is 24.0 Å². The van der Waals surface area contributed by atoms with Crippen LogP contribution < -0.4 is 5.32 Å². The Bertz CT molecular complexity index is 579. The first-order chi connectivity index (χ1) is 12.8. The number of rotatable bonds is 6. The molecule has 2 fully saturated rings. The molecule has 0 saturated carbocycles. The molecule has 0 aliphatic carbocycles. The molecule has 0 aromatic heterocycles. The standard InChI is InChI=1S/C21H32N4O.HI/c1-2-22-21(23-18-20-11-7-17-26-20)25-15-13-24(14-16-25)12-6-10-19-8-4-3-5-9-19;/h3-6,8-10,20H,2,7,11-18H2,1H3,(H,22,23);1H/b10-6+;. The van der Waals surface area contributed by atoms with E-state index in [0.29, 0.717) is 6.10 Å². The minimum absolute atomic E-state index is 0. The summed E-state index contributed by atoms with van der Waals surface area (Å²) in [5.41, 5.74) is 1.27. The summed E-state index contributed by atoms with van der Waals surface area (Å²) in [6.07, 6.45) is 7.10. The average molecular weight is 484 g/mol. The highest BCUT2D eigenvalue weighted by Gasteiger charge is 2.20. The summed E-state index contributed by atoms with van der Waals surface area (Å²) < 4.78 is 5.70. The molecule has 1 N–H and O–H groups in total. The normalized spacial score (nSPS) is 21.4. The Morgan fingerprint density at radius 3 is 2.67 bits per heavy atom. The summed E-state index contributed by atoms with van der Waals surface area (Å²) in [5, 5.41) is 3.44. The summed E-state index contributed by atoms with van der Waals surface area (Å²) in [4.78, 5) is 9.70. The topological polar surface area (TPSA) is 40.1 Å². The molecule has 1 aromatic carbocycles. The van der Waals surface area contributed by atoms with Crippen LogP contribution in [0.3, 0.4) is 0 Å². The number of ether oxygens (including phenoxy) is 1. The Morgan fingerprint density at radius 2 is 2.00 bits per heavy atom. The molecule has 0 amide bonds. The van der Waals surface area contributed by atoms with E-state index in [4.69, 9.17) is 9.73 Å². The molecule has 0 spiro atoms. The molecule has 0 radical (unpaired) electrons. The van der Waals surface area contributed by atoms with E-state index in [1.165, 1.54) is 12.0 Å². The minimum atomic E-state index is 0. The zero-order valence-electron chi connectivity index (χ0n) is 16.3. The van der Waals surface area contributed by atoms with Crippen LogP contribution in [0.2, 0.25) is 0 Å². The van der Waals surface area contributed by atoms with Gasteiger partial charge in [0.2, 0.25) is 0 Å². The lowest BCUT2D eigenvalue weighted by atomic mass is 10.2. The Labute approximate surface area is 180 Å². The van der Waals surface area contributed by atoms with Crippen LogP contribution >= 0.6 is 24.0 Å². The zero-order valence-corrected chi connectivity index (χ0v) is 18.7. The number of halogens is 1. The van der Waals surface area contributed by atoms with Crippen molar-refractivity contribution in [2.75, 3.05) is 52.4 Å². The lowest BCUT2D eigenvalue weighted by Gasteiger charge is -2.36. The molecule has 2 saturated heterocycles. The third-order valence-electron chi connectivity index (χ3n) is 4.95. The maximum atomic E-state index is 5.70. The highest BCUT2D eigenvalue weighted by molar-refractivity contribution is 14.0. The van der Waals surface area contributed by atoms with E-state index in [1.54, 1.807) is 0 Å². The van der Waals surface area contributed by atoms with E-state index in [2.05, 4.69) is 64.5 Å². The zero-order chi connectivity index (χ0) is 18.0. The number of aliphatic imine (C=N–C) groups is 1. The quantitative estimate of drug-likeness (QED) is 0.383. The lowest BCUT2D eigenvalue weighted by Crippen LogP contribution is -2.52. The second-order valence-corrected chi connectivity index (χ2v) is 6.93. The van der Waals surface area contributed by atoms with Gasteiger partial charge in [0, 0.05) is 45.9 Å². The maximum Gasteiger partial charge on any atom is 0.194 e. The molecule has 1 unspecified atom stereocenters. The number of hydrogen-bond acceptors (Lipinski definition) is 3. The van der Waals surface area contributed by atoms with Gasteiger partial charge >= 0.3 is 0 Å². The summed E-state index contributed by atoms with van der Waals surface area (Å²) in [6, 6.07) is 10.5. The average Bonchev–Trinajstić information content (AvgIpc) is 3.20. The highest BCUT2D eigenvalue weighted by atomic mass is 127. The first-order valence-electron chi connectivity index (χ1n) is 9.94. The summed E-state index contributed by atoms with van der Waals surface area (Å²) in [5.74, 6) is 1.04. The van der Waals surface area contributed by atoms with Gasteiger partial charge in [-0.25, -0.2) is 0 Å². The van der Waals surface area contributed by atoms with Crippen molar-refractivity contribution in [1.82, 2.24) is 15.1 Å². The molecule has 1 aromatic rings. The Hall–Kier alpha value is -1.12. The molecule has 6 heteroatoms. The molecule has 1 atom stereocenters. The van der Waals surface area contributed by atoms with E-state index in [-0.39, 0.29) is 24.0 Å². The van der Waals surface area contributed by atoms with E-state index in [1.807, 2.05) is 0 Å². The van der Waals surface area contributed by atoms with Gasteiger partial charge in [-0.3, -0.25) is 9.89 Å². The van der Waals surface area contributed by atoms with Crippen LogP contribution in [-0.2, 0) is 4.74 Å². The number of piperazine rings is 1. The number of benzene rings is 1. The second kappa shape index (κ2) is 12.4. The molecule has 2 heterocycles. The van der Waals surface area contributed by atoms with Crippen molar-refractivity contribution in [3.05, 3.63) is 42.0 Å². The van der Waals surface area contributed by atoms with Crippen LogP contribution in [0.1, 0.15) is 25.3 Å². The first kappa shape index (κ1) is 22.2. The SMILES string of the molecule is CCNC(=NCC1CCCO1)N1CCN(C/C=C/c2ccccc2)CC1.I. The van der Waals surface area contributed by atoms with E-state index >= 15 is 0 Å². The van der Waals surface area contributed by atoms with Gasteiger partial charge in [0.25, 0.3) is 0 Å². The molecule has 5 nitrogen and oxygen atoms in total. The van der Waals surface area contributed by atoms with Crippen molar-refractivity contribution in [1.29, 1.82) is 0 Å². The predicted octanol–water partition coefficient (Wildman–Crippen LogP) is 3.08. The van der Waals surface area contributed by atoms with Gasteiger partial charge < -0.3 is 15.0 Å². The predicted molar refractivity (Wildman–Crippen MR) is 124 cm³/mol. The third-order valence-corrected chi connectivity index (χ3v) is 4.95. The van der Waals surface area contributed by atoms with Gasteiger partial charge in [0.05, 0.1) is 12.6 Å². The second-order valence-electron chi connectivity index (χ2n) is 6.93. The summed E-state index contributed by atoms with van der Waals surface area (Å²) in [7, 11) is 0. The number of guanidine groups is 1. The van der Waals surface area contributed by atoms with Crippen molar-refractivity contribution in [3.8, 4) is 0 Å². The molecular formula is C21H33IN4O. The largest absolute Gasteiger partial charge is 0.376 e. The highest BCUT2D eigenvalue weighted by Crippen LogP contribution is 2.12. The van der Waals surface area contributed by atoms with Crippen LogP contribution in [0.5, 0.6) is 0 Å². The van der Waals surface area contributed by atoms with Crippen LogP contribution in [0.4, 0.5) is 0 Å². The van der Waals surface area contributed by atoms with Crippen LogP contribution in [0.25, 0.3) is 6.08 Å². The van der Waals surface area contributed by atoms with Crippen LogP contribution in [-0.4, -0.2) is 74.3 Å². The molecular weight excluding hydrogens is 451 g/mol. The van der Waals surface area contributed by atoms with E-state index in [0.717, 1.165) is 64.8 Å². The van der Waals surface area contributed by atoms with Crippen molar-refractivity contribution in [2.24, 2.45) is 4.99 Å². The number of hydrogen-bond donors (Lipinski definition) is 1. The van der Waals surface area contributed by atoms with Crippen molar-refractivity contribution in [3.63, 3.8) is 0 Å². The monoisotopic (exact) mass is 484 g/mol. The molecule has 27 heavy (non-hydrogen) atoms. The van der Waals surface area contributed by atoms with Crippen molar-refractivity contribution >= 4 is 36.0 Å². The van der Waals surface area contributed by atoms with Crippen LogP contribution in [0.15, 0.2) is 41.4 Å². The lowest BCUT2D eigenvalue weighted by molar-refractivity contribution is 0.117. The first-order valence-corrected chi connectivity index (χ1v) is 9.94. The minimum Gasteiger partial charge on any atom is -0.376 e. The fraction of sp³-hybridized carbons (Fsp3) is 0.571. The van der Waals surface area contributed by atoms with Crippen molar-refractivity contribution < 1.29 is 4.74 Å². The molecule has 2 aliphatic rings. The van der Waals surface area contributed by atoms with Crippen LogP contribution in [0, 0.1) is 0 Å². The number of nitrogens with zero attached hydrogens (tertiary/aromatic N) is 3. The van der Waals surface area contributed by atoms with Gasteiger partial charge in [-0.05, 0) is 25.3 Å². The summed E-state index contributed by atoms with van der Waals surface area (Å²) >= 11 is 0. The van der Waals surface area contributed by atoms with E-state index in [9.17, 15) is 0 Å². The molecule has 150 valence electrons. The smallest absolute Gasteiger partial charge is 0.194 e.